The fourth-order valence-electron chi connectivity index (χ4n) is 2.80. The van der Waals surface area contributed by atoms with Crippen LogP contribution < -0.4 is 10.2 Å². The zero-order valence-corrected chi connectivity index (χ0v) is 13.9. The topological polar surface area (TPSA) is 75.4 Å². The number of aromatic nitrogens is 1. The molecule has 6 nitrogen and oxygen atoms in total. The predicted molar refractivity (Wildman–Crippen MR) is 91.0 cm³/mol. The van der Waals surface area contributed by atoms with E-state index in [-0.39, 0.29) is 17.6 Å². The molecule has 0 atom stereocenters. The number of anilines is 2. The first kappa shape index (κ1) is 16.2. The van der Waals surface area contributed by atoms with Gasteiger partial charge in [0.15, 0.2) is 0 Å². The molecular weight excluding hydrogens is 306 g/mol. The van der Waals surface area contributed by atoms with Crippen molar-refractivity contribution in [1.29, 1.82) is 0 Å². The van der Waals surface area contributed by atoms with Crippen LogP contribution in [0.3, 0.4) is 0 Å². The van der Waals surface area contributed by atoms with Crippen LogP contribution in [0.15, 0.2) is 35.0 Å². The summed E-state index contributed by atoms with van der Waals surface area (Å²) >= 11 is 0. The second-order valence-electron chi connectivity index (χ2n) is 6.40. The number of aryl methyl sites for hydroxylation is 1. The number of benzene rings is 1. The third kappa shape index (κ3) is 3.48. The Bertz CT molecular complexity index is 738. The molecule has 0 saturated heterocycles. The molecule has 0 saturated carbocycles. The Morgan fingerprint density at radius 1 is 1.33 bits per heavy atom. The number of nitrogens with one attached hydrogen (secondary N) is 1. The van der Waals surface area contributed by atoms with Crippen LogP contribution in [-0.2, 0) is 11.2 Å². The summed E-state index contributed by atoms with van der Waals surface area (Å²) in [5, 5.41) is 6.32. The van der Waals surface area contributed by atoms with Crippen molar-refractivity contribution in [1.82, 2.24) is 5.16 Å². The van der Waals surface area contributed by atoms with Crippen molar-refractivity contribution in [2.24, 2.45) is 5.92 Å². The van der Waals surface area contributed by atoms with Crippen molar-refractivity contribution in [3.05, 3.63) is 41.8 Å². The summed E-state index contributed by atoms with van der Waals surface area (Å²) in [6.07, 6.45) is 3.60. The van der Waals surface area contributed by atoms with Gasteiger partial charge in [0.25, 0.3) is 5.91 Å². The van der Waals surface area contributed by atoms with E-state index in [1.807, 2.05) is 23.1 Å². The third-order valence-corrected chi connectivity index (χ3v) is 4.13. The second-order valence-corrected chi connectivity index (χ2v) is 6.40. The molecule has 0 aliphatic carbocycles. The summed E-state index contributed by atoms with van der Waals surface area (Å²) < 4.78 is 4.85. The molecule has 126 valence electrons. The van der Waals surface area contributed by atoms with Gasteiger partial charge in [0.1, 0.15) is 0 Å². The van der Waals surface area contributed by atoms with E-state index in [9.17, 15) is 9.59 Å². The molecule has 1 N–H and O–H groups in total. The second kappa shape index (κ2) is 6.86. The Labute approximate surface area is 140 Å². The van der Waals surface area contributed by atoms with Crippen LogP contribution in [0.1, 0.15) is 42.8 Å². The van der Waals surface area contributed by atoms with Gasteiger partial charge in [-0.25, -0.2) is 0 Å². The van der Waals surface area contributed by atoms with Gasteiger partial charge in [-0.2, -0.15) is 0 Å². The van der Waals surface area contributed by atoms with E-state index < -0.39 is 0 Å². The number of hydrogen-bond donors (Lipinski definition) is 1. The highest BCUT2D eigenvalue weighted by molar-refractivity contribution is 6.03. The zero-order chi connectivity index (χ0) is 17.1. The average Bonchev–Trinajstić information content (AvgIpc) is 3.08. The van der Waals surface area contributed by atoms with E-state index >= 15 is 0 Å². The summed E-state index contributed by atoms with van der Waals surface area (Å²) in [6.45, 7) is 5.03. The van der Waals surface area contributed by atoms with Gasteiger partial charge in [0.2, 0.25) is 11.7 Å². The Morgan fingerprint density at radius 2 is 2.17 bits per heavy atom. The fourth-order valence-corrected chi connectivity index (χ4v) is 2.80. The van der Waals surface area contributed by atoms with E-state index in [0.29, 0.717) is 24.4 Å². The van der Waals surface area contributed by atoms with Crippen LogP contribution in [-0.4, -0.2) is 23.5 Å². The van der Waals surface area contributed by atoms with Gasteiger partial charge in [0.05, 0.1) is 6.20 Å². The molecule has 1 aliphatic rings. The SMILES string of the molecule is CC(C)CCN1C(=O)CCc2cc(NC(=O)c3ccno3)ccc21. The highest BCUT2D eigenvalue weighted by Gasteiger charge is 2.24. The van der Waals surface area contributed by atoms with Crippen LogP contribution in [0.5, 0.6) is 0 Å². The van der Waals surface area contributed by atoms with Gasteiger partial charge in [-0.3, -0.25) is 9.59 Å². The van der Waals surface area contributed by atoms with Crippen molar-refractivity contribution >= 4 is 23.2 Å². The van der Waals surface area contributed by atoms with E-state index in [2.05, 4.69) is 24.3 Å². The zero-order valence-electron chi connectivity index (χ0n) is 13.9. The summed E-state index contributed by atoms with van der Waals surface area (Å²) in [5.41, 5.74) is 2.71. The molecule has 3 rings (SSSR count). The molecule has 2 aromatic rings. The standard InChI is InChI=1S/C18H21N3O3/c1-12(2)8-10-21-15-5-4-14(11-13(15)3-6-17(21)22)20-18(23)16-7-9-19-24-16/h4-5,7,9,11-12H,3,6,8,10H2,1-2H3,(H,20,23). The van der Waals surface area contributed by atoms with Crippen molar-refractivity contribution in [2.45, 2.75) is 33.1 Å². The number of hydrogen-bond acceptors (Lipinski definition) is 4. The van der Waals surface area contributed by atoms with Crippen LogP contribution in [0.4, 0.5) is 11.4 Å². The summed E-state index contributed by atoms with van der Waals surface area (Å²) in [6, 6.07) is 7.16. The van der Waals surface area contributed by atoms with E-state index in [1.165, 1.54) is 12.3 Å². The minimum absolute atomic E-state index is 0.168. The van der Waals surface area contributed by atoms with Crippen LogP contribution >= 0.6 is 0 Å². The first-order valence-corrected chi connectivity index (χ1v) is 8.20. The van der Waals surface area contributed by atoms with Crippen molar-refractivity contribution < 1.29 is 14.1 Å². The molecule has 1 aromatic heterocycles. The predicted octanol–water partition coefficient (Wildman–Crippen LogP) is 3.25. The lowest BCUT2D eigenvalue weighted by molar-refractivity contribution is -0.118. The molecule has 1 aliphatic heterocycles. The number of fused-ring (bicyclic) bond motifs is 1. The molecule has 0 bridgehead atoms. The summed E-state index contributed by atoms with van der Waals surface area (Å²) in [4.78, 5) is 26.1. The molecule has 0 radical (unpaired) electrons. The normalized spacial score (nSPS) is 14.0. The molecule has 2 heterocycles. The Hall–Kier alpha value is -2.63. The monoisotopic (exact) mass is 327 g/mol. The summed E-state index contributed by atoms with van der Waals surface area (Å²) in [5.74, 6) is 0.544. The lowest BCUT2D eigenvalue weighted by atomic mass is 9.99. The maximum Gasteiger partial charge on any atom is 0.294 e. The Kier molecular flexibility index (Phi) is 4.64. The number of amides is 2. The van der Waals surface area contributed by atoms with Crippen LogP contribution in [0.25, 0.3) is 0 Å². The van der Waals surface area contributed by atoms with Gasteiger partial charge >= 0.3 is 0 Å². The number of carbonyl (C=O) groups excluding carboxylic acids is 2. The molecule has 2 amide bonds. The van der Waals surface area contributed by atoms with Gasteiger partial charge in [-0.15, -0.1) is 0 Å². The van der Waals surface area contributed by atoms with Crippen LogP contribution in [0.2, 0.25) is 0 Å². The van der Waals surface area contributed by atoms with E-state index in [4.69, 9.17) is 4.52 Å². The molecule has 0 spiro atoms. The molecular formula is C18H21N3O3. The maximum atomic E-state index is 12.2. The summed E-state index contributed by atoms with van der Waals surface area (Å²) in [7, 11) is 0. The lowest BCUT2D eigenvalue weighted by Crippen LogP contribution is -2.36. The van der Waals surface area contributed by atoms with Gasteiger partial charge in [-0.1, -0.05) is 19.0 Å². The Balaban J connectivity index is 1.78. The number of nitrogens with zero attached hydrogens (tertiary/aromatic N) is 2. The first-order valence-electron chi connectivity index (χ1n) is 8.20. The minimum Gasteiger partial charge on any atom is -0.351 e. The molecule has 24 heavy (non-hydrogen) atoms. The highest BCUT2D eigenvalue weighted by atomic mass is 16.5. The van der Waals surface area contributed by atoms with Gasteiger partial charge in [-0.05, 0) is 42.5 Å². The number of carbonyl (C=O) groups is 2. The molecule has 1 aromatic carbocycles. The van der Waals surface area contributed by atoms with Crippen molar-refractivity contribution in [2.75, 3.05) is 16.8 Å². The smallest absolute Gasteiger partial charge is 0.294 e. The van der Waals surface area contributed by atoms with Crippen molar-refractivity contribution in [3.8, 4) is 0 Å². The number of rotatable bonds is 5. The van der Waals surface area contributed by atoms with E-state index in [1.54, 1.807) is 0 Å². The lowest BCUT2D eigenvalue weighted by Gasteiger charge is -2.30. The molecule has 0 fully saturated rings. The minimum atomic E-state index is -0.337. The highest BCUT2D eigenvalue weighted by Crippen LogP contribution is 2.31. The van der Waals surface area contributed by atoms with E-state index in [0.717, 1.165) is 24.2 Å². The average molecular weight is 327 g/mol. The van der Waals surface area contributed by atoms with Gasteiger partial charge in [0, 0.05) is 30.4 Å². The Morgan fingerprint density at radius 3 is 2.88 bits per heavy atom. The quantitative estimate of drug-likeness (QED) is 0.914. The molecule has 0 unspecified atom stereocenters. The van der Waals surface area contributed by atoms with Gasteiger partial charge < -0.3 is 14.7 Å². The molecule has 6 heteroatoms. The largest absolute Gasteiger partial charge is 0.351 e. The van der Waals surface area contributed by atoms with Crippen LogP contribution in [0, 0.1) is 5.92 Å². The first-order chi connectivity index (χ1) is 11.5. The fraction of sp³-hybridized carbons (Fsp3) is 0.389. The maximum absolute atomic E-state index is 12.2. The third-order valence-electron chi connectivity index (χ3n) is 4.13. The van der Waals surface area contributed by atoms with Crippen molar-refractivity contribution in [3.63, 3.8) is 0 Å².